The van der Waals surface area contributed by atoms with Gasteiger partial charge in [0.1, 0.15) is 0 Å². The molecule has 4 saturated carbocycles. The lowest BCUT2D eigenvalue weighted by atomic mass is 9.49. The summed E-state index contributed by atoms with van der Waals surface area (Å²) in [5, 5.41) is 7.21. The van der Waals surface area contributed by atoms with Crippen LogP contribution in [0.4, 0.5) is 5.69 Å². The second-order valence-electron chi connectivity index (χ2n) is 9.93. The normalized spacial score (nSPS) is 34.5. The Morgan fingerprint density at radius 2 is 1.96 bits per heavy atom. The molecule has 5 rings (SSSR count). The monoisotopic (exact) mass is 393 g/mol. The van der Waals surface area contributed by atoms with E-state index in [0.29, 0.717) is 17.5 Å². The van der Waals surface area contributed by atoms with Crippen LogP contribution in [0.5, 0.6) is 0 Å². The van der Waals surface area contributed by atoms with Crippen LogP contribution in [0, 0.1) is 22.7 Å². The van der Waals surface area contributed by atoms with Crippen molar-refractivity contribution < 1.29 is 14.3 Å². The molecule has 148 valence electrons. The molecular weight excluding hydrogens is 366 g/mol. The number of nitrogens with zero attached hydrogens (tertiary/aromatic N) is 2. The first-order valence-electron chi connectivity index (χ1n) is 9.77. The summed E-state index contributed by atoms with van der Waals surface area (Å²) < 4.78 is 6.77. The van der Waals surface area contributed by atoms with Gasteiger partial charge < -0.3 is 10.1 Å². The Labute approximate surface area is 165 Å². The Morgan fingerprint density at radius 3 is 2.56 bits per heavy atom. The molecular formula is C20H28ClN3O3. The van der Waals surface area contributed by atoms with Gasteiger partial charge >= 0.3 is 5.97 Å². The third kappa shape index (κ3) is 3.60. The van der Waals surface area contributed by atoms with E-state index in [1.54, 1.807) is 33.2 Å². The number of nitrogens with one attached hydrogen (secondary N) is 1. The average molecular weight is 394 g/mol. The quantitative estimate of drug-likeness (QED) is 0.621. The van der Waals surface area contributed by atoms with Crippen molar-refractivity contribution in [3.63, 3.8) is 0 Å². The molecule has 4 fully saturated rings. The molecule has 4 aliphatic rings. The van der Waals surface area contributed by atoms with Gasteiger partial charge in [0.15, 0.2) is 6.73 Å². The first kappa shape index (κ1) is 18.8. The third-order valence-electron chi connectivity index (χ3n) is 6.30. The Morgan fingerprint density at radius 1 is 1.30 bits per heavy atom. The fourth-order valence-corrected chi connectivity index (χ4v) is 6.21. The lowest BCUT2D eigenvalue weighted by molar-refractivity contribution is -0.157. The summed E-state index contributed by atoms with van der Waals surface area (Å²) in [5.74, 6) is 0.931. The average Bonchev–Trinajstić information content (AvgIpc) is 2.96. The number of ether oxygens (including phenoxy) is 1. The number of halogens is 1. The maximum atomic E-state index is 13.1. The van der Waals surface area contributed by atoms with Crippen molar-refractivity contribution >= 4 is 29.2 Å². The summed E-state index contributed by atoms with van der Waals surface area (Å²) in [4.78, 5) is 24.8. The molecule has 1 aromatic heterocycles. The maximum absolute atomic E-state index is 13.1. The van der Waals surface area contributed by atoms with E-state index in [9.17, 15) is 9.59 Å². The molecule has 27 heavy (non-hydrogen) atoms. The molecule has 1 heterocycles. The zero-order valence-electron chi connectivity index (χ0n) is 16.3. The molecule has 6 nitrogen and oxygen atoms in total. The molecule has 0 radical (unpaired) electrons. The highest BCUT2D eigenvalue weighted by Gasteiger charge is 2.60. The highest BCUT2D eigenvalue weighted by atomic mass is 35.5. The molecule has 0 aliphatic heterocycles. The highest BCUT2D eigenvalue weighted by molar-refractivity contribution is 6.24. The van der Waals surface area contributed by atoms with Crippen molar-refractivity contribution in [1.29, 1.82) is 0 Å². The number of anilines is 1. The SMILES string of the molecule is CC(C)(C)C(=O)OCn1cc(NC(=O)C23CC4CC(CC(Cl)(C4)C2)C3)cn1. The first-order chi connectivity index (χ1) is 12.6. The predicted molar refractivity (Wildman–Crippen MR) is 102 cm³/mol. The van der Waals surface area contributed by atoms with E-state index in [-0.39, 0.29) is 28.9 Å². The van der Waals surface area contributed by atoms with E-state index in [4.69, 9.17) is 16.3 Å². The number of carbonyl (C=O) groups is 2. The summed E-state index contributed by atoms with van der Waals surface area (Å²) in [6.07, 6.45) is 9.29. The molecule has 1 N–H and O–H groups in total. The number of rotatable bonds is 4. The van der Waals surface area contributed by atoms with E-state index in [2.05, 4.69) is 10.4 Å². The summed E-state index contributed by atoms with van der Waals surface area (Å²) in [5.41, 5.74) is -0.265. The maximum Gasteiger partial charge on any atom is 0.313 e. The number of aromatic nitrogens is 2. The summed E-state index contributed by atoms with van der Waals surface area (Å²) in [6.45, 7) is 5.45. The van der Waals surface area contributed by atoms with Crippen molar-refractivity contribution in [2.75, 3.05) is 5.32 Å². The molecule has 4 aliphatic carbocycles. The van der Waals surface area contributed by atoms with E-state index < -0.39 is 5.41 Å². The van der Waals surface area contributed by atoms with Crippen LogP contribution < -0.4 is 5.32 Å². The first-order valence-corrected chi connectivity index (χ1v) is 10.1. The van der Waals surface area contributed by atoms with E-state index in [1.165, 1.54) is 11.1 Å². The van der Waals surface area contributed by atoms with Crippen molar-refractivity contribution in [1.82, 2.24) is 9.78 Å². The van der Waals surface area contributed by atoms with Crippen LogP contribution in [-0.2, 0) is 21.1 Å². The zero-order chi connectivity index (χ0) is 19.4. The largest absolute Gasteiger partial charge is 0.442 e. The molecule has 1 aromatic rings. The van der Waals surface area contributed by atoms with Gasteiger partial charge in [0.25, 0.3) is 0 Å². The van der Waals surface area contributed by atoms with Crippen molar-refractivity contribution in [3.05, 3.63) is 12.4 Å². The summed E-state index contributed by atoms with van der Waals surface area (Å²) >= 11 is 6.83. The van der Waals surface area contributed by atoms with Crippen molar-refractivity contribution in [2.24, 2.45) is 22.7 Å². The number of hydrogen-bond acceptors (Lipinski definition) is 4. The molecule has 0 spiro atoms. The van der Waals surface area contributed by atoms with Crippen molar-refractivity contribution in [2.45, 2.75) is 70.9 Å². The lowest BCUT2D eigenvalue weighted by Gasteiger charge is -2.59. The van der Waals surface area contributed by atoms with Crippen LogP contribution in [0.15, 0.2) is 12.4 Å². The molecule has 0 saturated heterocycles. The van der Waals surface area contributed by atoms with Crippen LogP contribution in [-0.4, -0.2) is 26.5 Å². The molecule has 2 unspecified atom stereocenters. The van der Waals surface area contributed by atoms with Gasteiger partial charge in [0.2, 0.25) is 5.91 Å². The Balaban J connectivity index is 1.39. The second-order valence-corrected chi connectivity index (χ2v) is 10.7. The minimum Gasteiger partial charge on any atom is -0.442 e. The topological polar surface area (TPSA) is 73.2 Å². The molecule has 2 atom stereocenters. The van der Waals surface area contributed by atoms with Crippen LogP contribution >= 0.6 is 11.6 Å². The fraction of sp³-hybridized carbons (Fsp3) is 0.750. The number of amides is 1. The standard InChI is InChI=1S/C20H28ClN3O3/c1-18(2,3)17(26)27-12-24-10-15(9-22-24)23-16(25)19-5-13-4-14(6-19)8-20(21,7-13)11-19/h9-10,13-14H,4-8,11-12H2,1-3H3,(H,23,25). The van der Waals surface area contributed by atoms with Crippen molar-refractivity contribution in [3.8, 4) is 0 Å². The Hall–Kier alpha value is -1.56. The van der Waals surface area contributed by atoms with Gasteiger partial charge in [-0.2, -0.15) is 5.10 Å². The molecule has 0 aromatic carbocycles. The predicted octanol–water partition coefficient (Wildman–Crippen LogP) is 3.95. The summed E-state index contributed by atoms with van der Waals surface area (Å²) in [7, 11) is 0. The van der Waals surface area contributed by atoms with Crippen LogP contribution in [0.2, 0.25) is 0 Å². The minimum absolute atomic E-state index is 0.0338. The molecule has 1 amide bonds. The molecule has 4 bridgehead atoms. The van der Waals surface area contributed by atoms with Gasteiger partial charge in [-0.15, -0.1) is 11.6 Å². The Bertz CT molecular complexity index is 753. The van der Waals surface area contributed by atoms with Gasteiger partial charge in [0.05, 0.1) is 28.9 Å². The van der Waals surface area contributed by atoms with Gasteiger partial charge in [-0.3, -0.25) is 9.59 Å². The number of esters is 1. The number of hydrogen-bond donors (Lipinski definition) is 1. The van der Waals surface area contributed by atoms with E-state index in [1.807, 2.05) is 0 Å². The van der Waals surface area contributed by atoms with Crippen LogP contribution in [0.25, 0.3) is 0 Å². The van der Waals surface area contributed by atoms with Crippen LogP contribution in [0.1, 0.15) is 59.3 Å². The smallest absolute Gasteiger partial charge is 0.313 e. The van der Waals surface area contributed by atoms with E-state index in [0.717, 1.165) is 32.1 Å². The van der Waals surface area contributed by atoms with Gasteiger partial charge in [0, 0.05) is 4.87 Å². The second kappa shape index (κ2) is 6.23. The molecule has 7 heteroatoms. The highest BCUT2D eigenvalue weighted by Crippen LogP contribution is 2.64. The minimum atomic E-state index is -0.555. The van der Waals surface area contributed by atoms with Crippen LogP contribution in [0.3, 0.4) is 0 Å². The fourth-order valence-electron chi connectivity index (χ4n) is 5.52. The van der Waals surface area contributed by atoms with Gasteiger partial charge in [-0.1, -0.05) is 0 Å². The number of alkyl halides is 1. The number of carbonyl (C=O) groups excluding carboxylic acids is 2. The van der Waals surface area contributed by atoms with E-state index >= 15 is 0 Å². The zero-order valence-corrected chi connectivity index (χ0v) is 17.0. The lowest BCUT2D eigenvalue weighted by Crippen LogP contribution is -2.57. The third-order valence-corrected chi connectivity index (χ3v) is 6.75. The van der Waals surface area contributed by atoms with Gasteiger partial charge in [-0.05, 0) is 71.1 Å². The Kier molecular flexibility index (Phi) is 4.33. The van der Waals surface area contributed by atoms with Gasteiger partial charge in [-0.25, -0.2) is 4.68 Å². The summed E-state index contributed by atoms with van der Waals surface area (Å²) in [6, 6.07) is 0.